The monoisotopic (exact) mass is 247 g/mol. The van der Waals surface area contributed by atoms with Gasteiger partial charge in [0.2, 0.25) is 0 Å². The smallest absolute Gasteiger partial charge is 0.115 e. The Labute approximate surface area is 110 Å². The van der Waals surface area contributed by atoms with Crippen molar-refractivity contribution < 1.29 is 5.11 Å². The molecule has 0 aromatic heterocycles. The van der Waals surface area contributed by atoms with Crippen LogP contribution in [0.4, 0.5) is 0 Å². The number of phenolic OH excluding ortho intramolecular Hbond substituents is 1. The van der Waals surface area contributed by atoms with Crippen molar-refractivity contribution >= 4 is 0 Å². The lowest BCUT2D eigenvalue weighted by Crippen LogP contribution is -2.33. The van der Waals surface area contributed by atoms with Crippen LogP contribution in [0.2, 0.25) is 0 Å². The highest BCUT2D eigenvalue weighted by molar-refractivity contribution is 5.26. The summed E-state index contributed by atoms with van der Waals surface area (Å²) in [6, 6.07) is 8.05. The van der Waals surface area contributed by atoms with Gasteiger partial charge >= 0.3 is 0 Å². The molecule has 0 amide bonds. The van der Waals surface area contributed by atoms with Gasteiger partial charge in [-0.2, -0.15) is 0 Å². The van der Waals surface area contributed by atoms with E-state index in [2.05, 4.69) is 19.2 Å². The zero-order chi connectivity index (χ0) is 13.0. The fourth-order valence-electron chi connectivity index (χ4n) is 2.67. The van der Waals surface area contributed by atoms with Crippen molar-refractivity contribution in [2.24, 2.45) is 5.41 Å². The number of benzene rings is 1. The SMILES string of the molecule is CCCC1(CNC(C)Cc2ccc(O)cc2)CC1. The third-order valence-electron chi connectivity index (χ3n) is 4.04. The van der Waals surface area contributed by atoms with Crippen LogP contribution >= 0.6 is 0 Å². The molecule has 0 spiro atoms. The molecule has 2 heteroatoms. The first-order valence-corrected chi connectivity index (χ1v) is 7.15. The summed E-state index contributed by atoms with van der Waals surface area (Å²) in [5.41, 5.74) is 1.91. The van der Waals surface area contributed by atoms with Gasteiger partial charge in [0.05, 0.1) is 0 Å². The lowest BCUT2D eigenvalue weighted by molar-refractivity contribution is 0.392. The van der Waals surface area contributed by atoms with E-state index in [1.807, 2.05) is 12.1 Å². The van der Waals surface area contributed by atoms with Crippen LogP contribution in [0.15, 0.2) is 24.3 Å². The molecule has 100 valence electrons. The number of phenols is 1. The van der Waals surface area contributed by atoms with Crippen LogP contribution in [0, 0.1) is 5.41 Å². The van der Waals surface area contributed by atoms with Crippen LogP contribution in [0.25, 0.3) is 0 Å². The van der Waals surface area contributed by atoms with Crippen LogP contribution < -0.4 is 5.32 Å². The second kappa shape index (κ2) is 5.75. The second-order valence-electron chi connectivity index (χ2n) is 5.90. The highest BCUT2D eigenvalue weighted by atomic mass is 16.3. The first-order valence-electron chi connectivity index (χ1n) is 7.15. The van der Waals surface area contributed by atoms with Gasteiger partial charge in [-0.25, -0.2) is 0 Å². The third-order valence-corrected chi connectivity index (χ3v) is 4.04. The maximum atomic E-state index is 9.25. The molecule has 1 unspecified atom stereocenters. The van der Waals surface area contributed by atoms with Crippen LogP contribution in [0.5, 0.6) is 5.75 Å². The Hall–Kier alpha value is -1.02. The second-order valence-corrected chi connectivity index (χ2v) is 5.90. The minimum Gasteiger partial charge on any atom is -0.508 e. The molecule has 2 nitrogen and oxygen atoms in total. The van der Waals surface area contributed by atoms with Gasteiger partial charge in [0, 0.05) is 12.6 Å². The van der Waals surface area contributed by atoms with Crippen molar-refractivity contribution in [1.82, 2.24) is 5.32 Å². The molecule has 0 heterocycles. The Morgan fingerprint density at radius 1 is 1.28 bits per heavy atom. The Bertz CT molecular complexity index is 367. The number of hydrogen-bond acceptors (Lipinski definition) is 2. The summed E-state index contributed by atoms with van der Waals surface area (Å²) in [4.78, 5) is 0. The summed E-state index contributed by atoms with van der Waals surface area (Å²) < 4.78 is 0. The molecular formula is C16H25NO. The standard InChI is InChI=1S/C16H25NO/c1-3-8-16(9-10-16)12-17-13(2)11-14-4-6-15(18)7-5-14/h4-7,13,17-18H,3,8-12H2,1-2H3. The number of aromatic hydroxyl groups is 1. The highest BCUT2D eigenvalue weighted by Gasteiger charge is 2.40. The molecule has 1 fully saturated rings. The molecule has 0 radical (unpaired) electrons. The highest BCUT2D eigenvalue weighted by Crippen LogP contribution is 2.48. The Balaban J connectivity index is 1.75. The molecule has 1 aromatic carbocycles. The van der Waals surface area contributed by atoms with Crippen LogP contribution in [0.3, 0.4) is 0 Å². The van der Waals surface area contributed by atoms with E-state index in [4.69, 9.17) is 0 Å². The lowest BCUT2D eigenvalue weighted by Gasteiger charge is -2.19. The van der Waals surface area contributed by atoms with Crippen LogP contribution in [0.1, 0.15) is 45.1 Å². The molecule has 2 rings (SSSR count). The lowest BCUT2D eigenvalue weighted by atomic mass is 9.99. The van der Waals surface area contributed by atoms with E-state index in [0.717, 1.165) is 6.42 Å². The number of nitrogens with one attached hydrogen (secondary N) is 1. The molecule has 2 N–H and O–H groups in total. The van der Waals surface area contributed by atoms with Crippen molar-refractivity contribution in [1.29, 1.82) is 0 Å². The number of rotatable bonds is 7. The van der Waals surface area contributed by atoms with Gasteiger partial charge in [0.15, 0.2) is 0 Å². The van der Waals surface area contributed by atoms with Gasteiger partial charge in [-0.15, -0.1) is 0 Å². The van der Waals surface area contributed by atoms with E-state index in [9.17, 15) is 5.11 Å². The molecule has 1 aliphatic rings. The van der Waals surface area contributed by atoms with Crippen molar-refractivity contribution in [2.75, 3.05) is 6.54 Å². The normalized spacial score (nSPS) is 18.6. The third kappa shape index (κ3) is 3.74. The maximum Gasteiger partial charge on any atom is 0.115 e. The largest absolute Gasteiger partial charge is 0.508 e. The van der Waals surface area contributed by atoms with Gasteiger partial charge in [-0.1, -0.05) is 25.5 Å². The molecular weight excluding hydrogens is 222 g/mol. The Morgan fingerprint density at radius 3 is 2.50 bits per heavy atom. The van der Waals surface area contributed by atoms with Gasteiger partial charge < -0.3 is 10.4 Å². The Morgan fingerprint density at radius 2 is 1.94 bits per heavy atom. The van der Waals surface area contributed by atoms with Crippen LogP contribution in [-0.2, 0) is 6.42 Å². The number of hydrogen-bond donors (Lipinski definition) is 2. The molecule has 1 atom stereocenters. The molecule has 1 aliphatic carbocycles. The molecule has 0 aliphatic heterocycles. The zero-order valence-corrected chi connectivity index (χ0v) is 11.6. The predicted octanol–water partition coefficient (Wildman–Crippen LogP) is 3.49. The van der Waals surface area contributed by atoms with E-state index in [0.29, 0.717) is 17.2 Å². The molecule has 0 bridgehead atoms. The zero-order valence-electron chi connectivity index (χ0n) is 11.6. The topological polar surface area (TPSA) is 32.3 Å². The van der Waals surface area contributed by atoms with Crippen molar-refractivity contribution in [3.63, 3.8) is 0 Å². The van der Waals surface area contributed by atoms with E-state index < -0.39 is 0 Å². The average Bonchev–Trinajstić information content (AvgIpc) is 3.11. The summed E-state index contributed by atoms with van der Waals surface area (Å²) in [7, 11) is 0. The van der Waals surface area contributed by atoms with Gasteiger partial charge in [0.1, 0.15) is 5.75 Å². The summed E-state index contributed by atoms with van der Waals surface area (Å²) in [5, 5.41) is 12.9. The quantitative estimate of drug-likeness (QED) is 0.773. The maximum absolute atomic E-state index is 9.25. The summed E-state index contributed by atoms with van der Waals surface area (Å²) in [5.74, 6) is 0.347. The van der Waals surface area contributed by atoms with Gasteiger partial charge in [-0.3, -0.25) is 0 Å². The molecule has 1 aromatic rings. The summed E-state index contributed by atoms with van der Waals surface area (Å²) >= 11 is 0. The van der Waals surface area contributed by atoms with Gasteiger partial charge in [-0.05, 0) is 55.7 Å². The molecule has 18 heavy (non-hydrogen) atoms. The van der Waals surface area contributed by atoms with E-state index in [1.165, 1.54) is 37.8 Å². The summed E-state index contributed by atoms with van der Waals surface area (Å²) in [6.07, 6.45) is 6.50. The average molecular weight is 247 g/mol. The summed E-state index contributed by atoms with van der Waals surface area (Å²) in [6.45, 7) is 5.69. The van der Waals surface area contributed by atoms with E-state index in [1.54, 1.807) is 12.1 Å². The van der Waals surface area contributed by atoms with Crippen LogP contribution in [-0.4, -0.2) is 17.7 Å². The van der Waals surface area contributed by atoms with E-state index >= 15 is 0 Å². The van der Waals surface area contributed by atoms with Crippen molar-refractivity contribution in [3.8, 4) is 5.75 Å². The van der Waals surface area contributed by atoms with E-state index in [-0.39, 0.29) is 0 Å². The fraction of sp³-hybridized carbons (Fsp3) is 0.625. The fourth-order valence-corrected chi connectivity index (χ4v) is 2.67. The molecule has 1 saturated carbocycles. The Kier molecular flexibility index (Phi) is 4.28. The molecule has 0 saturated heterocycles. The van der Waals surface area contributed by atoms with Crippen molar-refractivity contribution in [2.45, 2.75) is 52.0 Å². The first kappa shape index (κ1) is 13.4. The minimum absolute atomic E-state index is 0.347. The minimum atomic E-state index is 0.347. The van der Waals surface area contributed by atoms with Crippen molar-refractivity contribution in [3.05, 3.63) is 29.8 Å². The first-order chi connectivity index (χ1) is 8.63. The van der Waals surface area contributed by atoms with Gasteiger partial charge in [0.25, 0.3) is 0 Å². The predicted molar refractivity (Wildman–Crippen MR) is 75.9 cm³/mol.